The normalized spacial score (nSPS) is 19.8. The summed E-state index contributed by atoms with van der Waals surface area (Å²) in [5.74, 6) is -0.179. The molecule has 110 valence electrons. The summed E-state index contributed by atoms with van der Waals surface area (Å²) in [7, 11) is 0. The maximum atomic E-state index is 12.0. The molecule has 5 nitrogen and oxygen atoms in total. The molecule has 0 aliphatic carbocycles. The van der Waals surface area contributed by atoms with Crippen LogP contribution in [0, 0.1) is 0 Å². The molecule has 0 spiro atoms. The van der Waals surface area contributed by atoms with Crippen molar-refractivity contribution < 1.29 is 9.53 Å². The van der Waals surface area contributed by atoms with Gasteiger partial charge in [-0.3, -0.25) is 9.59 Å². The first kappa shape index (κ1) is 15.3. The van der Waals surface area contributed by atoms with Crippen LogP contribution < -0.4 is 10.9 Å². The minimum Gasteiger partial charge on any atom is -0.378 e. The lowest BCUT2D eigenvalue weighted by atomic mass is 10.1. The molecular weight excluding hydrogens is 324 g/mol. The Labute approximate surface area is 126 Å². The van der Waals surface area contributed by atoms with Crippen LogP contribution in [-0.4, -0.2) is 29.6 Å². The predicted octanol–water partition coefficient (Wildman–Crippen LogP) is 2.21. The Bertz CT molecular complexity index is 523. The van der Waals surface area contributed by atoms with Gasteiger partial charge in [0.05, 0.1) is 16.1 Å². The van der Waals surface area contributed by atoms with Gasteiger partial charge in [-0.15, -0.1) is 0 Å². The van der Waals surface area contributed by atoms with Gasteiger partial charge in [0.25, 0.3) is 11.5 Å². The molecule has 1 aliphatic heterocycles. The van der Waals surface area contributed by atoms with Crippen LogP contribution in [0.2, 0.25) is 0 Å². The number of ether oxygens (including phenoxy) is 1. The monoisotopic (exact) mass is 342 g/mol. The number of rotatable bonds is 5. The Hall–Kier alpha value is -1.14. The van der Waals surface area contributed by atoms with E-state index in [2.05, 4.69) is 26.2 Å². The third-order valence-corrected chi connectivity index (χ3v) is 4.03. The number of aromatic amines is 1. The molecule has 2 N–H and O–H groups in total. The molecule has 2 rings (SSSR count). The molecule has 6 heteroatoms. The van der Waals surface area contributed by atoms with Crippen LogP contribution in [0.25, 0.3) is 0 Å². The number of H-pyrrole nitrogens is 1. The summed E-state index contributed by atoms with van der Waals surface area (Å²) in [6, 6.07) is 1.61. The lowest BCUT2D eigenvalue weighted by Crippen LogP contribution is -2.33. The number of pyridine rings is 1. The molecule has 0 saturated carbocycles. The molecule has 1 aliphatic rings. The molecule has 20 heavy (non-hydrogen) atoms. The van der Waals surface area contributed by atoms with Gasteiger partial charge in [0, 0.05) is 18.8 Å². The summed E-state index contributed by atoms with van der Waals surface area (Å²) in [6.07, 6.45) is 5.88. The van der Waals surface area contributed by atoms with Crippen molar-refractivity contribution in [3.63, 3.8) is 0 Å². The predicted molar refractivity (Wildman–Crippen MR) is 79.9 cm³/mol. The first-order chi connectivity index (χ1) is 9.56. The van der Waals surface area contributed by atoms with Crippen molar-refractivity contribution in [1.82, 2.24) is 10.3 Å². The Morgan fingerprint density at radius 1 is 1.65 bits per heavy atom. The van der Waals surface area contributed by atoms with Crippen molar-refractivity contribution in [1.29, 1.82) is 0 Å². The fraction of sp³-hybridized carbons (Fsp3) is 0.571. The molecule has 0 radical (unpaired) electrons. The second-order valence-corrected chi connectivity index (χ2v) is 6.01. The van der Waals surface area contributed by atoms with Gasteiger partial charge in [0.1, 0.15) is 0 Å². The van der Waals surface area contributed by atoms with Crippen molar-refractivity contribution in [3.05, 3.63) is 32.7 Å². The third kappa shape index (κ3) is 4.18. The molecule has 2 atom stereocenters. The van der Waals surface area contributed by atoms with Gasteiger partial charge in [0.2, 0.25) is 0 Å². The molecule has 2 heterocycles. The minimum atomic E-state index is -0.243. The highest BCUT2D eigenvalue weighted by Crippen LogP contribution is 2.17. The van der Waals surface area contributed by atoms with Gasteiger partial charge >= 0.3 is 0 Å². The van der Waals surface area contributed by atoms with Crippen LogP contribution in [0.3, 0.4) is 0 Å². The summed E-state index contributed by atoms with van der Waals surface area (Å²) in [5, 5.41) is 2.93. The quantitative estimate of drug-likeness (QED) is 0.861. The zero-order chi connectivity index (χ0) is 14.5. The molecule has 1 saturated heterocycles. The van der Waals surface area contributed by atoms with Crippen molar-refractivity contribution in [2.45, 2.75) is 44.8 Å². The molecule has 1 aromatic rings. The van der Waals surface area contributed by atoms with Gasteiger partial charge < -0.3 is 15.0 Å². The van der Waals surface area contributed by atoms with E-state index >= 15 is 0 Å². The average Bonchev–Trinajstić information content (AvgIpc) is 2.92. The highest BCUT2D eigenvalue weighted by atomic mass is 79.9. The molecule has 1 amide bonds. The number of carbonyl (C=O) groups is 1. The number of amides is 1. The Morgan fingerprint density at radius 2 is 2.45 bits per heavy atom. The summed E-state index contributed by atoms with van der Waals surface area (Å²) in [4.78, 5) is 25.8. The van der Waals surface area contributed by atoms with E-state index in [1.807, 2.05) is 6.92 Å². The van der Waals surface area contributed by atoms with Crippen molar-refractivity contribution in [2.24, 2.45) is 0 Å². The van der Waals surface area contributed by atoms with E-state index in [0.717, 1.165) is 32.3 Å². The van der Waals surface area contributed by atoms with Gasteiger partial charge in [-0.1, -0.05) is 0 Å². The summed E-state index contributed by atoms with van der Waals surface area (Å²) >= 11 is 3.12. The SMILES string of the molecule is C[C@@H](CC[C@H]1CCCO1)NC(=O)c1c[nH]c(=O)c(Br)c1. The standard InChI is InChI=1S/C14H19BrN2O3/c1-9(4-5-11-3-2-6-20-11)17-13(18)10-7-12(15)14(19)16-8-10/h7-9,11H,2-6H2,1H3,(H,16,19)(H,17,18)/t9-,11+/m0/s1. The maximum absolute atomic E-state index is 12.0. The molecule has 1 fully saturated rings. The minimum absolute atomic E-state index is 0.0809. The largest absolute Gasteiger partial charge is 0.378 e. The zero-order valence-corrected chi connectivity index (χ0v) is 13.0. The third-order valence-electron chi connectivity index (χ3n) is 3.44. The Morgan fingerprint density at radius 3 is 3.10 bits per heavy atom. The number of hydrogen-bond donors (Lipinski definition) is 2. The van der Waals surface area contributed by atoms with Gasteiger partial charge in [-0.05, 0) is 54.6 Å². The fourth-order valence-corrected chi connectivity index (χ4v) is 2.64. The molecule has 0 bridgehead atoms. The first-order valence-electron chi connectivity index (χ1n) is 6.87. The van der Waals surface area contributed by atoms with E-state index in [4.69, 9.17) is 4.74 Å². The van der Waals surface area contributed by atoms with Crippen LogP contribution in [-0.2, 0) is 4.74 Å². The van der Waals surface area contributed by atoms with Crippen molar-refractivity contribution >= 4 is 21.8 Å². The topological polar surface area (TPSA) is 71.2 Å². The summed E-state index contributed by atoms with van der Waals surface area (Å²) in [5.41, 5.74) is 0.202. The van der Waals surface area contributed by atoms with E-state index in [0.29, 0.717) is 16.1 Å². The van der Waals surface area contributed by atoms with E-state index in [1.54, 1.807) is 0 Å². The lowest BCUT2D eigenvalue weighted by Gasteiger charge is -2.16. The number of carbonyl (C=O) groups excluding carboxylic acids is 1. The second kappa shape index (κ2) is 7.04. The van der Waals surface area contributed by atoms with Crippen molar-refractivity contribution in [2.75, 3.05) is 6.61 Å². The maximum Gasteiger partial charge on any atom is 0.262 e. The zero-order valence-electron chi connectivity index (χ0n) is 11.4. The number of hydrogen-bond acceptors (Lipinski definition) is 3. The Kier molecular flexibility index (Phi) is 5.37. The van der Waals surface area contributed by atoms with Gasteiger partial charge in [-0.25, -0.2) is 0 Å². The van der Waals surface area contributed by atoms with Crippen LogP contribution in [0.15, 0.2) is 21.5 Å². The van der Waals surface area contributed by atoms with Gasteiger partial charge in [-0.2, -0.15) is 0 Å². The summed E-state index contributed by atoms with van der Waals surface area (Å²) in [6.45, 7) is 2.84. The van der Waals surface area contributed by atoms with E-state index in [9.17, 15) is 9.59 Å². The van der Waals surface area contributed by atoms with Crippen LogP contribution >= 0.6 is 15.9 Å². The van der Waals surface area contributed by atoms with Crippen LogP contribution in [0.4, 0.5) is 0 Å². The average molecular weight is 343 g/mol. The van der Waals surface area contributed by atoms with E-state index in [1.165, 1.54) is 12.3 Å². The van der Waals surface area contributed by atoms with Crippen LogP contribution in [0.1, 0.15) is 43.0 Å². The lowest BCUT2D eigenvalue weighted by molar-refractivity contribution is 0.0899. The highest BCUT2D eigenvalue weighted by molar-refractivity contribution is 9.10. The number of nitrogens with one attached hydrogen (secondary N) is 2. The van der Waals surface area contributed by atoms with Crippen LogP contribution in [0.5, 0.6) is 0 Å². The molecular formula is C14H19BrN2O3. The molecule has 0 aromatic carbocycles. The second-order valence-electron chi connectivity index (χ2n) is 5.15. The summed E-state index contributed by atoms with van der Waals surface area (Å²) < 4.78 is 5.92. The number of aromatic nitrogens is 1. The van der Waals surface area contributed by atoms with E-state index in [-0.39, 0.29) is 17.5 Å². The van der Waals surface area contributed by atoms with E-state index < -0.39 is 0 Å². The molecule has 0 unspecified atom stereocenters. The highest BCUT2D eigenvalue weighted by Gasteiger charge is 2.17. The number of halogens is 1. The smallest absolute Gasteiger partial charge is 0.262 e. The molecule has 1 aromatic heterocycles. The van der Waals surface area contributed by atoms with Crippen molar-refractivity contribution in [3.8, 4) is 0 Å². The van der Waals surface area contributed by atoms with Gasteiger partial charge in [0.15, 0.2) is 0 Å². The fourth-order valence-electron chi connectivity index (χ4n) is 2.27. The first-order valence-corrected chi connectivity index (χ1v) is 7.66. The Balaban J connectivity index is 1.83.